The maximum absolute atomic E-state index is 13.3. The van der Waals surface area contributed by atoms with Crippen LogP contribution in [-0.2, 0) is 6.54 Å². The van der Waals surface area contributed by atoms with Crippen LogP contribution in [0.2, 0.25) is 5.02 Å². The van der Waals surface area contributed by atoms with E-state index in [-0.39, 0.29) is 24.0 Å². The van der Waals surface area contributed by atoms with E-state index < -0.39 is 18.0 Å². The molecule has 0 saturated carbocycles. The first-order valence-corrected chi connectivity index (χ1v) is 6.77. The molecular formula is C13H14ClFN4O3. The highest BCUT2D eigenvalue weighted by Crippen LogP contribution is 2.19. The number of hydrogen-bond donors (Lipinski definition) is 3. The number of halogens is 2. The lowest BCUT2D eigenvalue weighted by Crippen LogP contribution is -2.37. The number of aromatic nitrogens is 2. The molecule has 2 amide bonds. The molecule has 0 bridgehead atoms. The number of aliphatic hydroxyl groups is 1. The molecular weight excluding hydrogens is 315 g/mol. The number of carbonyl (C=O) groups is 1. The zero-order valence-corrected chi connectivity index (χ0v) is 12.4. The van der Waals surface area contributed by atoms with Crippen LogP contribution in [0.5, 0.6) is 0 Å². The van der Waals surface area contributed by atoms with Crippen molar-refractivity contribution in [2.24, 2.45) is 0 Å². The summed E-state index contributed by atoms with van der Waals surface area (Å²) in [5.41, 5.74) is 0.315. The Bertz CT molecular complexity index is 664. The summed E-state index contributed by atoms with van der Waals surface area (Å²) >= 11 is 5.56. The minimum absolute atomic E-state index is 0.0310. The second-order valence-corrected chi connectivity index (χ2v) is 4.90. The quantitative estimate of drug-likeness (QED) is 0.775. The minimum atomic E-state index is -1.05. The number of nitrogens with one attached hydrogen (secondary N) is 2. The largest absolute Gasteiger partial charge is 0.387 e. The summed E-state index contributed by atoms with van der Waals surface area (Å²) in [4.78, 5) is 15.5. The van der Waals surface area contributed by atoms with Gasteiger partial charge in [-0.1, -0.05) is 22.8 Å². The maximum Gasteiger partial charge on any atom is 0.315 e. The Labute approximate surface area is 130 Å². The van der Waals surface area contributed by atoms with Crippen LogP contribution in [0.3, 0.4) is 0 Å². The standard InChI is InChI=1S/C13H14ClFN4O3/c1-7-18-12(22-19-7)6-17-13(21)16-5-11(20)8-2-3-9(14)10(15)4-8/h2-4,11,20H,5-6H2,1H3,(H2,16,17,21). The molecule has 2 rings (SSSR count). The second kappa shape index (κ2) is 7.19. The highest BCUT2D eigenvalue weighted by atomic mass is 35.5. The van der Waals surface area contributed by atoms with E-state index in [0.29, 0.717) is 11.4 Å². The summed E-state index contributed by atoms with van der Waals surface area (Å²) in [6.07, 6.45) is -1.05. The van der Waals surface area contributed by atoms with Gasteiger partial charge < -0.3 is 20.3 Å². The van der Waals surface area contributed by atoms with Gasteiger partial charge in [0.15, 0.2) is 5.82 Å². The van der Waals surface area contributed by atoms with Crippen LogP contribution in [0.1, 0.15) is 23.4 Å². The van der Waals surface area contributed by atoms with Gasteiger partial charge in [0.05, 0.1) is 17.7 Å². The van der Waals surface area contributed by atoms with Crippen molar-refractivity contribution in [3.63, 3.8) is 0 Å². The van der Waals surface area contributed by atoms with E-state index in [1.54, 1.807) is 6.92 Å². The van der Waals surface area contributed by atoms with Crippen molar-refractivity contribution < 1.29 is 18.8 Å². The van der Waals surface area contributed by atoms with E-state index in [9.17, 15) is 14.3 Å². The van der Waals surface area contributed by atoms with Gasteiger partial charge in [-0.15, -0.1) is 0 Å². The SMILES string of the molecule is Cc1noc(CNC(=O)NCC(O)c2ccc(Cl)c(F)c2)n1. The monoisotopic (exact) mass is 328 g/mol. The van der Waals surface area contributed by atoms with Crippen LogP contribution in [-0.4, -0.2) is 27.8 Å². The molecule has 3 N–H and O–H groups in total. The third-order valence-corrected chi connectivity index (χ3v) is 3.06. The summed E-state index contributed by atoms with van der Waals surface area (Å²) in [5, 5.41) is 18.4. The van der Waals surface area contributed by atoms with Gasteiger partial charge in [-0.05, 0) is 24.6 Å². The van der Waals surface area contributed by atoms with Gasteiger partial charge in [0, 0.05) is 6.54 Å². The van der Waals surface area contributed by atoms with Crippen molar-refractivity contribution in [3.05, 3.63) is 46.3 Å². The third-order valence-electron chi connectivity index (χ3n) is 2.75. The van der Waals surface area contributed by atoms with Crippen molar-refractivity contribution in [2.45, 2.75) is 19.6 Å². The average Bonchev–Trinajstić information content (AvgIpc) is 2.91. The van der Waals surface area contributed by atoms with E-state index in [1.807, 2.05) is 0 Å². The van der Waals surface area contributed by atoms with Gasteiger partial charge >= 0.3 is 6.03 Å². The number of hydrogen-bond acceptors (Lipinski definition) is 5. The summed E-state index contributed by atoms with van der Waals surface area (Å²) in [6.45, 7) is 1.64. The van der Waals surface area contributed by atoms with Gasteiger partial charge in [-0.3, -0.25) is 0 Å². The lowest BCUT2D eigenvalue weighted by Gasteiger charge is -2.13. The highest BCUT2D eigenvalue weighted by molar-refractivity contribution is 6.30. The first kappa shape index (κ1) is 16.2. The molecule has 0 fully saturated rings. The molecule has 1 aromatic heterocycles. The number of aliphatic hydroxyl groups excluding tert-OH is 1. The van der Waals surface area contributed by atoms with Gasteiger partial charge in [-0.25, -0.2) is 9.18 Å². The molecule has 0 aliphatic rings. The van der Waals surface area contributed by atoms with E-state index >= 15 is 0 Å². The minimum Gasteiger partial charge on any atom is -0.387 e. The average molecular weight is 329 g/mol. The molecule has 1 atom stereocenters. The van der Waals surface area contributed by atoms with E-state index in [1.165, 1.54) is 12.1 Å². The molecule has 0 saturated heterocycles. The summed E-state index contributed by atoms with van der Waals surface area (Å²) in [5.74, 6) is 0.111. The Hall–Kier alpha value is -2.19. The molecule has 1 heterocycles. The zero-order valence-electron chi connectivity index (χ0n) is 11.6. The number of urea groups is 1. The number of rotatable bonds is 5. The zero-order chi connectivity index (χ0) is 16.1. The van der Waals surface area contributed by atoms with Gasteiger partial charge in [-0.2, -0.15) is 4.98 Å². The second-order valence-electron chi connectivity index (χ2n) is 4.49. The van der Waals surface area contributed by atoms with Crippen LogP contribution in [0.4, 0.5) is 9.18 Å². The molecule has 0 spiro atoms. The van der Waals surface area contributed by atoms with Crippen LogP contribution >= 0.6 is 11.6 Å². The van der Waals surface area contributed by atoms with Crippen molar-refractivity contribution in [2.75, 3.05) is 6.54 Å². The van der Waals surface area contributed by atoms with Gasteiger partial charge in [0.1, 0.15) is 5.82 Å². The predicted octanol–water partition coefficient (Wildman–Crippen LogP) is 1.70. The number of benzene rings is 1. The maximum atomic E-state index is 13.3. The Morgan fingerprint density at radius 3 is 2.91 bits per heavy atom. The summed E-state index contributed by atoms with van der Waals surface area (Å²) in [6, 6.07) is 3.42. The number of nitrogens with zero attached hydrogens (tertiary/aromatic N) is 2. The van der Waals surface area contributed by atoms with Crippen molar-refractivity contribution in [1.82, 2.24) is 20.8 Å². The Kier molecular flexibility index (Phi) is 5.29. The Balaban J connectivity index is 1.78. The van der Waals surface area contributed by atoms with Gasteiger partial charge in [0.25, 0.3) is 0 Å². The molecule has 1 aromatic carbocycles. The Morgan fingerprint density at radius 1 is 1.50 bits per heavy atom. The fourth-order valence-corrected chi connectivity index (χ4v) is 1.77. The number of amides is 2. The van der Waals surface area contributed by atoms with Crippen LogP contribution in [0.15, 0.2) is 22.7 Å². The fraction of sp³-hybridized carbons (Fsp3) is 0.308. The Morgan fingerprint density at radius 2 is 2.27 bits per heavy atom. The van der Waals surface area contributed by atoms with E-state index in [2.05, 4.69) is 20.8 Å². The molecule has 9 heteroatoms. The molecule has 0 aliphatic carbocycles. The third kappa shape index (κ3) is 4.40. The molecule has 1 unspecified atom stereocenters. The smallest absolute Gasteiger partial charge is 0.315 e. The molecule has 118 valence electrons. The summed E-state index contributed by atoms with van der Waals surface area (Å²) < 4.78 is 18.1. The van der Waals surface area contributed by atoms with Crippen molar-refractivity contribution in [1.29, 1.82) is 0 Å². The topological polar surface area (TPSA) is 100 Å². The normalized spacial score (nSPS) is 12.0. The van der Waals surface area contributed by atoms with Crippen molar-refractivity contribution in [3.8, 4) is 0 Å². The number of carbonyl (C=O) groups excluding carboxylic acids is 1. The van der Waals surface area contributed by atoms with E-state index in [0.717, 1.165) is 6.07 Å². The fourth-order valence-electron chi connectivity index (χ4n) is 1.66. The van der Waals surface area contributed by atoms with Crippen LogP contribution in [0, 0.1) is 12.7 Å². The lowest BCUT2D eigenvalue weighted by molar-refractivity contribution is 0.172. The van der Waals surface area contributed by atoms with Crippen LogP contribution < -0.4 is 10.6 Å². The first-order chi connectivity index (χ1) is 10.5. The first-order valence-electron chi connectivity index (χ1n) is 6.39. The molecule has 0 radical (unpaired) electrons. The van der Waals surface area contributed by atoms with Crippen molar-refractivity contribution >= 4 is 17.6 Å². The molecule has 22 heavy (non-hydrogen) atoms. The van der Waals surface area contributed by atoms with Crippen LogP contribution in [0.25, 0.3) is 0 Å². The highest BCUT2D eigenvalue weighted by Gasteiger charge is 2.12. The lowest BCUT2D eigenvalue weighted by atomic mass is 10.1. The molecule has 2 aromatic rings. The van der Waals surface area contributed by atoms with E-state index in [4.69, 9.17) is 16.1 Å². The molecule has 0 aliphatic heterocycles. The summed E-state index contributed by atoms with van der Waals surface area (Å²) in [7, 11) is 0. The predicted molar refractivity (Wildman–Crippen MR) is 75.6 cm³/mol. The molecule has 7 nitrogen and oxygen atoms in total. The number of aryl methyl sites for hydroxylation is 1. The van der Waals surface area contributed by atoms with Gasteiger partial charge in [0.2, 0.25) is 5.89 Å².